The number of esters is 1. The third-order valence-corrected chi connectivity index (χ3v) is 4.59. The van der Waals surface area contributed by atoms with Crippen molar-refractivity contribution in [1.29, 1.82) is 0 Å². The number of nitrogens with zero attached hydrogens (tertiary/aromatic N) is 2. The summed E-state index contributed by atoms with van der Waals surface area (Å²) >= 11 is 0. The van der Waals surface area contributed by atoms with Gasteiger partial charge < -0.3 is 14.1 Å². The smallest absolute Gasteiger partial charge is 0.419 e. The van der Waals surface area contributed by atoms with Crippen molar-refractivity contribution >= 4 is 23.0 Å². The summed E-state index contributed by atoms with van der Waals surface area (Å²) in [6.45, 7) is 2.64. The molecule has 1 aliphatic heterocycles. The number of hydrogen-bond donors (Lipinski definition) is 0. The van der Waals surface area contributed by atoms with Crippen LogP contribution in [-0.4, -0.2) is 40.5 Å². The number of carbonyl (C=O) groups is 2. The monoisotopic (exact) mass is 346 g/mol. The van der Waals surface area contributed by atoms with Crippen LogP contribution >= 0.6 is 0 Å². The third kappa shape index (κ3) is 3.92. The molecule has 1 aromatic heterocycles. The number of aryl methyl sites for hydroxylation is 1. The molecule has 0 spiro atoms. The maximum Gasteiger partial charge on any atom is 0.419 e. The van der Waals surface area contributed by atoms with E-state index in [0.717, 1.165) is 19.3 Å². The van der Waals surface area contributed by atoms with Crippen LogP contribution in [0, 0.1) is 0 Å². The van der Waals surface area contributed by atoms with Gasteiger partial charge >= 0.3 is 11.7 Å². The largest absolute Gasteiger partial charge is 0.456 e. The molecule has 0 N–H and O–H groups in total. The molecule has 0 bridgehead atoms. The molecule has 1 amide bonds. The van der Waals surface area contributed by atoms with Gasteiger partial charge in [-0.05, 0) is 38.3 Å². The summed E-state index contributed by atoms with van der Waals surface area (Å²) in [6, 6.07) is 7.22. The van der Waals surface area contributed by atoms with Crippen molar-refractivity contribution < 1.29 is 18.7 Å². The van der Waals surface area contributed by atoms with Crippen LogP contribution in [0.25, 0.3) is 11.1 Å². The first-order valence-electron chi connectivity index (χ1n) is 8.59. The molecular formula is C18H22N2O5. The fourth-order valence-electron chi connectivity index (χ4n) is 3.19. The highest BCUT2D eigenvalue weighted by molar-refractivity contribution is 5.81. The van der Waals surface area contributed by atoms with Gasteiger partial charge in [0.15, 0.2) is 12.2 Å². The number of fused-ring (bicyclic) bond motifs is 1. The second-order valence-corrected chi connectivity index (χ2v) is 6.33. The number of oxazole rings is 1. The van der Waals surface area contributed by atoms with Crippen molar-refractivity contribution in [1.82, 2.24) is 9.47 Å². The molecule has 0 saturated carbocycles. The summed E-state index contributed by atoms with van der Waals surface area (Å²) in [4.78, 5) is 37.7. The summed E-state index contributed by atoms with van der Waals surface area (Å²) in [7, 11) is 0. The molecule has 25 heavy (non-hydrogen) atoms. The van der Waals surface area contributed by atoms with E-state index in [-0.39, 0.29) is 31.5 Å². The van der Waals surface area contributed by atoms with E-state index in [4.69, 9.17) is 9.15 Å². The number of piperidine rings is 1. The number of hydrogen-bond acceptors (Lipinski definition) is 5. The van der Waals surface area contributed by atoms with E-state index in [2.05, 4.69) is 0 Å². The Hall–Kier alpha value is -2.57. The van der Waals surface area contributed by atoms with Crippen molar-refractivity contribution in [2.75, 3.05) is 13.2 Å². The Kier molecular flexibility index (Phi) is 5.21. The molecule has 1 saturated heterocycles. The highest BCUT2D eigenvalue weighted by Crippen LogP contribution is 2.16. The highest BCUT2D eigenvalue weighted by atomic mass is 16.5. The van der Waals surface area contributed by atoms with E-state index in [1.54, 1.807) is 29.2 Å². The van der Waals surface area contributed by atoms with Crippen LogP contribution in [-0.2, 0) is 20.9 Å². The number of benzene rings is 1. The Morgan fingerprint density at radius 1 is 1.28 bits per heavy atom. The molecule has 0 unspecified atom stereocenters. The van der Waals surface area contributed by atoms with Gasteiger partial charge in [-0.3, -0.25) is 14.2 Å². The Morgan fingerprint density at radius 2 is 2.08 bits per heavy atom. The zero-order valence-corrected chi connectivity index (χ0v) is 14.3. The number of rotatable bonds is 5. The molecule has 1 atom stereocenters. The quantitative estimate of drug-likeness (QED) is 0.773. The van der Waals surface area contributed by atoms with Crippen molar-refractivity contribution in [3.8, 4) is 0 Å². The van der Waals surface area contributed by atoms with Crippen molar-refractivity contribution in [3.63, 3.8) is 0 Å². The van der Waals surface area contributed by atoms with Crippen molar-refractivity contribution in [2.24, 2.45) is 0 Å². The molecule has 134 valence electrons. The zero-order chi connectivity index (χ0) is 17.8. The maximum atomic E-state index is 12.2. The summed E-state index contributed by atoms with van der Waals surface area (Å²) in [5.74, 6) is -1.17. The van der Waals surface area contributed by atoms with Gasteiger partial charge in [0, 0.05) is 19.1 Å². The van der Waals surface area contributed by atoms with E-state index in [1.807, 2.05) is 6.92 Å². The predicted molar refractivity (Wildman–Crippen MR) is 91.1 cm³/mol. The average molecular weight is 346 g/mol. The third-order valence-electron chi connectivity index (χ3n) is 4.59. The summed E-state index contributed by atoms with van der Waals surface area (Å²) < 4.78 is 11.6. The number of para-hydroxylation sites is 2. The molecule has 1 aliphatic rings. The van der Waals surface area contributed by atoms with Gasteiger partial charge in [0.05, 0.1) is 11.9 Å². The molecule has 3 rings (SSSR count). The van der Waals surface area contributed by atoms with E-state index < -0.39 is 11.7 Å². The summed E-state index contributed by atoms with van der Waals surface area (Å²) in [6.07, 6.45) is 3.10. The van der Waals surface area contributed by atoms with Crippen LogP contribution in [0.5, 0.6) is 0 Å². The van der Waals surface area contributed by atoms with Crippen LogP contribution in [0.3, 0.4) is 0 Å². The number of likely N-dealkylation sites (tertiary alicyclic amines) is 1. The number of amides is 1. The lowest BCUT2D eigenvalue weighted by atomic mass is 10.0. The van der Waals surface area contributed by atoms with Gasteiger partial charge in [-0.1, -0.05) is 12.1 Å². The molecule has 1 aromatic carbocycles. The first kappa shape index (κ1) is 17.3. The molecule has 7 nitrogen and oxygen atoms in total. The first-order valence-corrected chi connectivity index (χ1v) is 8.59. The number of ether oxygens (including phenoxy) is 1. The molecular weight excluding hydrogens is 324 g/mol. The van der Waals surface area contributed by atoms with E-state index in [0.29, 0.717) is 17.6 Å². The van der Waals surface area contributed by atoms with E-state index in [1.165, 1.54) is 4.57 Å². The molecule has 0 aliphatic carbocycles. The summed E-state index contributed by atoms with van der Waals surface area (Å²) in [5, 5.41) is 0. The molecule has 1 fully saturated rings. The SMILES string of the molecule is C[C@@H]1CCCCN1C(=O)COC(=O)CCn1c(=O)oc2ccccc21. The van der Waals surface area contributed by atoms with Crippen LogP contribution in [0.4, 0.5) is 0 Å². The highest BCUT2D eigenvalue weighted by Gasteiger charge is 2.24. The van der Waals surface area contributed by atoms with Gasteiger partial charge in [0.25, 0.3) is 5.91 Å². The lowest BCUT2D eigenvalue weighted by Crippen LogP contribution is -2.44. The Morgan fingerprint density at radius 3 is 2.88 bits per heavy atom. The van der Waals surface area contributed by atoms with Gasteiger partial charge in [-0.15, -0.1) is 0 Å². The average Bonchev–Trinajstić information content (AvgIpc) is 2.93. The van der Waals surface area contributed by atoms with Crippen LogP contribution in [0.15, 0.2) is 33.5 Å². The number of aromatic nitrogens is 1. The first-order chi connectivity index (χ1) is 12.1. The van der Waals surface area contributed by atoms with E-state index >= 15 is 0 Å². The fraction of sp³-hybridized carbons (Fsp3) is 0.500. The minimum atomic E-state index is -0.507. The standard InChI is InChI=1S/C18H22N2O5/c1-13-6-4-5-10-19(13)16(21)12-24-17(22)9-11-20-14-7-2-3-8-15(14)25-18(20)23/h2-3,7-8,13H,4-6,9-12H2,1H3/t13-/m1/s1. The van der Waals surface area contributed by atoms with Gasteiger partial charge in [-0.2, -0.15) is 0 Å². The normalized spacial score (nSPS) is 17.6. The molecule has 0 radical (unpaired) electrons. The minimum Gasteiger partial charge on any atom is -0.456 e. The second kappa shape index (κ2) is 7.55. The molecule has 2 aromatic rings. The second-order valence-electron chi connectivity index (χ2n) is 6.33. The summed E-state index contributed by atoms with van der Waals surface area (Å²) in [5.41, 5.74) is 1.12. The van der Waals surface area contributed by atoms with Crippen LogP contribution in [0.1, 0.15) is 32.6 Å². The van der Waals surface area contributed by atoms with Gasteiger partial charge in [0.2, 0.25) is 0 Å². The van der Waals surface area contributed by atoms with Gasteiger partial charge in [-0.25, -0.2) is 4.79 Å². The van der Waals surface area contributed by atoms with Gasteiger partial charge in [0.1, 0.15) is 0 Å². The topological polar surface area (TPSA) is 81.8 Å². The van der Waals surface area contributed by atoms with Crippen LogP contribution in [0.2, 0.25) is 0 Å². The molecule has 7 heteroatoms. The van der Waals surface area contributed by atoms with Crippen LogP contribution < -0.4 is 5.76 Å². The lowest BCUT2D eigenvalue weighted by molar-refractivity contribution is -0.153. The fourth-order valence-corrected chi connectivity index (χ4v) is 3.19. The maximum absolute atomic E-state index is 12.2. The lowest BCUT2D eigenvalue weighted by Gasteiger charge is -2.33. The molecule has 2 heterocycles. The zero-order valence-electron chi connectivity index (χ0n) is 14.3. The predicted octanol–water partition coefficient (Wildman–Crippen LogP) is 1.93. The number of carbonyl (C=O) groups excluding carboxylic acids is 2. The van der Waals surface area contributed by atoms with E-state index in [9.17, 15) is 14.4 Å². The minimum absolute atomic E-state index is 0.00622. The Labute approximate surface area is 145 Å². The Bertz CT molecular complexity index is 822. The Balaban J connectivity index is 1.52. The van der Waals surface area contributed by atoms with Crippen molar-refractivity contribution in [2.45, 2.75) is 45.2 Å². The van der Waals surface area contributed by atoms with Crippen molar-refractivity contribution in [3.05, 3.63) is 34.8 Å².